The lowest BCUT2D eigenvalue weighted by Crippen LogP contribution is -2.47. The van der Waals surface area contributed by atoms with Crippen LogP contribution in [-0.4, -0.2) is 85.4 Å². The third-order valence-corrected chi connectivity index (χ3v) is 10.2. The Morgan fingerprint density at radius 1 is 0.829 bits per heavy atom. The first-order chi connectivity index (χ1) is 19.5. The highest BCUT2D eigenvalue weighted by molar-refractivity contribution is 7.89. The van der Waals surface area contributed by atoms with Gasteiger partial charge in [0.1, 0.15) is 6.04 Å². The van der Waals surface area contributed by atoms with Gasteiger partial charge in [0.2, 0.25) is 26.0 Å². The first-order valence-electron chi connectivity index (χ1n) is 12.9. The number of benzene rings is 3. The molecule has 0 unspecified atom stereocenters. The number of carbonyl (C=O) groups excluding carboxylic acids is 1. The van der Waals surface area contributed by atoms with Gasteiger partial charge in [-0.2, -0.15) is 9.03 Å². The van der Waals surface area contributed by atoms with Crippen LogP contribution in [0.3, 0.4) is 0 Å². The summed E-state index contributed by atoms with van der Waals surface area (Å²) in [4.78, 5) is 15.5. The smallest absolute Gasteiger partial charge is 0.243 e. The summed E-state index contributed by atoms with van der Waals surface area (Å²) >= 11 is 0. The summed E-state index contributed by atoms with van der Waals surface area (Å²) in [5, 5.41) is 2.72. The van der Waals surface area contributed by atoms with Gasteiger partial charge in [-0.25, -0.2) is 16.8 Å². The Kier molecular flexibility index (Phi) is 9.66. The van der Waals surface area contributed by atoms with E-state index in [0.717, 1.165) is 5.56 Å². The van der Waals surface area contributed by atoms with E-state index in [9.17, 15) is 21.6 Å². The van der Waals surface area contributed by atoms with Gasteiger partial charge in [0.25, 0.3) is 0 Å². The molecule has 0 aromatic heterocycles. The van der Waals surface area contributed by atoms with Crippen molar-refractivity contribution in [2.75, 3.05) is 52.8 Å². The van der Waals surface area contributed by atoms with E-state index >= 15 is 0 Å². The molecule has 0 bridgehead atoms. The molecule has 41 heavy (non-hydrogen) atoms. The predicted molar refractivity (Wildman–Crippen MR) is 155 cm³/mol. The van der Waals surface area contributed by atoms with Crippen LogP contribution in [0.4, 0.5) is 5.69 Å². The van der Waals surface area contributed by atoms with Crippen LogP contribution < -0.4 is 19.5 Å². The molecular formula is C28H34N4O7S2. The molecule has 1 fully saturated rings. The molecule has 1 aliphatic heterocycles. The normalized spacial score (nSPS) is 15.7. The second-order valence-corrected chi connectivity index (χ2v) is 13.3. The zero-order valence-corrected chi connectivity index (χ0v) is 24.7. The number of likely N-dealkylation sites (N-methyl/N-ethyl adjacent to an activating group) is 1. The van der Waals surface area contributed by atoms with Crippen LogP contribution in [0.25, 0.3) is 0 Å². The minimum atomic E-state index is -4.15. The van der Waals surface area contributed by atoms with Gasteiger partial charge in [-0.15, -0.1) is 0 Å². The molecule has 1 heterocycles. The largest absolute Gasteiger partial charge is 0.493 e. The molecule has 220 valence electrons. The molecule has 0 aliphatic carbocycles. The molecular weight excluding hydrogens is 568 g/mol. The van der Waals surface area contributed by atoms with E-state index in [0.29, 0.717) is 37.6 Å². The van der Waals surface area contributed by atoms with E-state index in [-0.39, 0.29) is 22.0 Å². The van der Waals surface area contributed by atoms with Crippen molar-refractivity contribution >= 4 is 31.6 Å². The van der Waals surface area contributed by atoms with Crippen molar-refractivity contribution in [2.45, 2.75) is 22.3 Å². The highest BCUT2D eigenvalue weighted by Crippen LogP contribution is 2.29. The number of hydrogen-bond donors (Lipinski definition) is 2. The third kappa shape index (κ3) is 7.43. The molecule has 4 rings (SSSR count). The minimum Gasteiger partial charge on any atom is -0.493 e. The molecule has 11 nitrogen and oxygen atoms in total. The fraction of sp³-hybridized carbons (Fsp3) is 0.321. The van der Waals surface area contributed by atoms with Gasteiger partial charge in [0.15, 0.2) is 11.5 Å². The molecule has 3 aromatic rings. The van der Waals surface area contributed by atoms with E-state index in [1.807, 2.05) is 13.1 Å². The fourth-order valence-corrected chi connectivity index (χ4v) is 7.03. The summed E-state index contributed by atoms with van der Waals surface area (Å²) in [6.07, 6.45) is 0.0784. The Morgan fingerprint density at radius 2 is 1.44 bits per heavy atom. The summed E-state index contributed by atoms with van der Waals surface area (Å²) in [7, 11) is -3.04. The number of nitrogens with one attached hydrogen (secondary N) is 2. The van der Waals surface area contributed by atoms with Gasteiger partial charge in [-0.3, -0.25) is 4.79 Å². The highest BCUT2D eigenvalue weighted by Gasteiger charge is 2.29. The van der Waals surface area contributed by atoms with Gasteiger partial charge < -0.3 is 19.7 Å². The van der Waals surface area contributed by atoms with Crippen LogP contribution in [0.1, 0.15) is 5.56 Å². The Balaban J connectivity index is 1.54. The van der Waals surface area contributed by atoms with Gasteiger partial charge >= 0.3 is 0 Å². The molecule has 1 amide bonds. The molecule has 1 saturated heterocycles. The Labute approximate surface area is 241 Å². The standard InChI is InChI=1S/C28H34N4O7S2/c1-31-15-17-32(18-16-31)41(36,37)23-11-9-22(10-12-23)29-28(33)25(19-21-7-5-4-6-8-21)30-40(34,35)24-13-14-26(38-2)27(20-24)39-3/h4-14,20,25,30H,15-19H2,1-3H3,(H,29,33)/t25-/m1/s1. The van der Waals surface area contributed by atoms with Crippen molar-refractivity contribution in [2.24, 2.45) is 0 Å². The van der Waals surface area contributed by atoms with Crippen molar-refractivity contribution < 1.29 is 31.1 Å². The minimum absolute atomic E-state index is 0.0784. The molecule has 1 aliphatic rings. The lowest BCUT2D eigenvalue weighted by Gasteiger charge is -2.31. The number of anilines is 1. The highest BCUT2D eigenvalue weighted by atomic mass is 32.2. The maximum atomic E-state index is 13.4. The van der Waals surface area contributed by atoms with Gasteiger partial charge in [0, 0.05) is 37.9 Å². The van der Waals surface area contributed by atoms with E-state index < -0.39 is 32.0 Å². The number of carbonyl (C=O) groups is 1. The zero-order chi connectivity index (χ0) is 29.6. The number of piperazine rings is 1. The van der Waals surface area contributed by atoms with E-state index in [1.54, 1.807) is 24.3 Å². The summed E-state index contributed by atoms with van der Waals surface area (Å²) < 4.78 is 67.1. The third-order valence-electron chi connectivity index (χ3n) is 6.78. The van der Waals surface area contributed by atoms with E-state index in [4.69, 9.17) is 9.47 Å². The summed E-state index contributed by atoms with van der Waals surface area (Å²) in [6.45, 7) is 2.10. The number of hydrogen-bond acceptors (Lipinski definition) is 8. The Morgan fingerprint density at radius 3 is 2.05 bits per heavy atom. The molecule has 0 spiro atoms. The van der Waals surface area contributed by atoms with Crippen molar-refractivity contribution in [1.82, 2.24) is 13.9 Å². The van der Waals surface area contributed by atoms with Crippen LogP contribution in [0, 0.1) is 0 Å². The lowest BCUT2D eigenvalue weighted by atomic mass is 10.1. The maximum absolute atomic E-state index is 13.4. The summed E-state index contributed by atoms with van der Waals surface area (Å²) in [6, 6.07) is 17.8. The fourth-order valence-electron chi connectivity index (χ4n) is 4.39. The van der Waals surface area contributed by atoms with Gasteiger partial charge in [-0.05, 0) is 55.4 Å². The number of nitrogens with zero attached hydrogens (tertiary/aromatic N) is 2. The summed E-state index contributed by atoms with van der Waals surface area (Å²) in [5.41, 5.74) is 1.08. The van der Waals surface area contributed by atoms with Crippen LogP contribution in [0.5, 0.6) is 11.5 Å². The average Bonchev–Trinajstić information content (AvgIpc) is 2.97. The molecule has 3 aromatic carbocycles. The van der Waals surface area contributed by atoms with Crippen molar-refractivity contribution in [3.8, 4) is 11.5 Å². The van der Waals surface area contributed by atoms with Crippen LogP contribution in [-0.2, 0) is 31.3 Å². The monoisotopic (exact) mass is 602 g/mol. The Bertz CT molecular complexity index is 1560. The van der Waals surface area contributed by atoms with Gasteiger partial charge in [-0.1, -0.05) is 30.3 Å². The van der Waals surface area contributed by atoms with Crippen molar-refractivity contribution in [1.29, 1.82) is 0 Å². The SMILES string of the molecule is COc1ccc(S(=O)(=O)N[C@H](Cc2ccccc2)C(=O)Nc2ccc(S(=O)(=O)N3CCN(C)CC3)cc2)cc1OC. The molecule has 13 heteroatoms. The van der Waals surface area contributed by atoms with Crippen molar-refractivity contribution in [3.63, 3.8) is 0 Å². The number of amides is 1. The first-order valence-corrected chi connectivity index (χ1v) is 15.8. The predicted octanol–water partition coefficient (Wildman–Crippen LogP) is 2.17. The topological polar surface area (TPSA) is 134 Å². The number of ether oxygens (including phenoxy) is 2. The first kappa shape index (κ1) is 30.5. The second-order valence-electron chi connectivity index (χ2n) is 9.60. The quantitative estimate of drug-likeness (QED) is 0.341. The summed E-state index contributed by atoms with van der Waals surface area (Å²) in [5.74, 6) is -0.0123. The number of sulfonamides is 2. The molecule has 0 radical (unpaired) electrons. The van der Waals surface area contributed by atoms with E-state index in [1.165, 1.54) is 61.0 Å². The molecule has 1 atom stereocenters. The number of methoxy groups -OCH3 is 2. The Hall–Kier alpha value is -3.49. The van der Waals surface area contributed by atoms with Crippen LogP contribution >= 0.6 is 0 Å². The zero-order valence-electron chi connectivity index (χ0n) is 23.1. The molecule has 0 saturated carbocycles. The lowest BCUT2D eigenvalue weighted by molar-refractivity contribution is -0.117. The van der Waals surface area contributed by atoms with Crippen LogP contribution in [0.15, 0.2) is 82.6 Å². The van der Waals surface area contributed by atoms with E-state index in [2.05, 4.69) is 14.9 Å². The average molecular weight is 603 g/mol. The maximum Gasteiger partial charge on any atom is 0.243 e. The van der Waals surface area contributed by atoms with Crippen LogP contribution in [0.2, 0.25) is 0 Å². The second kappa shape index (κ2) is 13.0. The van der Waals surface area contributed by atoms with Gasteiger partial charge in [0.05, 0.1) is 24.0 Å². The number of rotatable bonds is 11. The van der Waals surface area contributed by atoms with Crippen molar-refractivity contribution in [3.05, 3.63) is 78.4 Å². The molecule has 2 N–H and O–H groups in total.